The van der Waals surface area contributed by atoms with Gasteiger partial charge in [-0.05, 0) is 5.41 Å². The van der Waals surface area contributed by atoms with Crippen LogP contribution in [0.15, 0.2) is 5.29 Å². The second kappa shape index (κ2) is 2.64. The van der Waals surface area contributed by atoms with Crippen molar-refractivity contribution >= 4 is 0 Å². The largest absolute Gasteiger partial charge is 0.273 e. The van der Waals surface area contributed by atoms with E-state index in [0.717, 1.165) is 0 Å². The van der Waals surface area contributed by atoms with Crippen LogP contribution >= 0.6 is 0 Å². The van der Waals surface area contributed by atoms with Gasteiger partial charge in [0, 0.05) is 11.8 Å². The van der Waals surface area contributed by atoms with Crippen molar-refractivity contribution in [1.82, 2.24) is 5.43 Å². The molecule has 1 N–H and O–H groups in total. The molecule has 0 saturated heterocycles. The zero-order valence-corrected chi connectivity index (χ0v) is 5.56. The summed E-state index contributed by atoms with van der Waals surface area (Å²) in [6.07, 6.45) is 0. The summed E-state index contributed by atoms with van der Waals surface area (Å²) >= 11 is 0. The molecule has 0 unspecified atom stereocenters. The van der Waals surface area contributed by atoms with Crippen LogP contribution in [0.1, 0.15) is 20.8 Å². The van der Waals surface area contributed by atoms with Crippen molar-refractivity contribution in [3.63, 3.8) is 0 Å². The van der Waals surface area contributed by atoms with Crippen molar-refractivity contribution in [2.45, 2.75) is 20.8 Å². The molecule has 0 aliphatic carbocycles. The predicted octanol–water partition coefficient (Wildman–Crippen LogP) is 1.30. The molecule has 0 spiro atoms. The summed E-state index contributed by atoms with van der Waals surface area (Å²) in [7, 11) is 0. The second-order valence-electron chi connectivity index (χ2n) is 2.99. The second-order valence-corrected chi connectivity index (χ2v) is 2.99. The molecule has 0 saturated carbocycles. The van der Waals surface area contributed by atoms with E-state index in [4.69, 9.17) is 0 Å². The van der Waals surface area contributed by atoms with Crippen LogP contribution in [0.25, 0.3) is 0 Å². The maximum atomic E-state index is 9.49. The van der Waals surface area contributed by atoms with Crippen LogP contribution in [-0.4, -0.2) is 6.54 Å². The smallest absolute Gasteiger partial charge is 0.0496 e. The summed E-state index contributed by atoms with van der Waals surface area (Å²) in [5.41, 5.74) is 2.50. The highest BCUT2D eigenvalue weighted by Gasteiger charge is 2.07. The zero-order valence-electron chi connectivity index (χ0n) is 5.56. The third-order valence-corrected chi connectivity index (χ3v) is 0.674. The maximum Gasteiger partial charge on any atom is 0.0496 e. The first-order valence-electron chi connectivity index (χ1n) is 2.61. The molecule has 0 aliphatic rings. The number of nitrogens with one attached hydrogen (secondary N) is 1. The number of nitroso groups, excluding NO2 is 1. The molecule has 0 amide bonds. The van der Waals surface area contributed by atoms with E-state index in [9.17, 15) is 4.91 Å². The van der Waals surface area contributed by atoms with Gasteiger partial charge in [-0.25, -0.2) is 0 Å². The molecule has 0 radical (unpaired) electrons. The van der Waals surface area contributed by atoms with Crippen LogP contribution in [-0.2, 0) is 0 Å². The Balaban J connectivity index is 3.24. The van der Waals surface area contributed by atoms with Gasteiger partial charge in [-0.3, -0.25) is 5.43 Å². The molecular formula is C5H12N2O. The summed E-state index contributed by atoms with van der Waals surface area (Å²) in [5, 5.41) is 2.52. The predicted molar refractivity (Wildman–Crippen MR) is 33.3 cm³/mol. The molecule has 0 atom stereocenters. The monoisotopic (exact) mass is 116 g/mol. The Labute approximate surface area is 49.4 Å². The third-order valence-electron chi connectivity index (χ3n) is 0.674. The van der Waals surface area contributed by atoms with Gasteiger partial charge in [0.1, 0.15) is 0 Å². The Kier molecular flexibility index (Phi) is 2.45. The summed E-state index contributed by atoms with van der Waals surface area (Å²) < 4.78 is 0. The highest BCUT2D eigenvalue weighted by atomic mass is 16.3. The molecule has 8 heavy (non-hydrogen) atoms. The normalized spacial score (nSPS) is 10.9. The van der Waals surface area contributed by atoms with Crippen LogP contribution < -0.4 is 5.43 Å². The van der Waals surface area contributed by atoms with Gasteiger partial charge < -0.3 is 0 Å². The van der Waals surface area contributed by atoms with Gasteiger partial charge in [0.05, 0.1) is 0 Å². The lowest BCUT2D eigenvalue weighted by Crippen LogP contribution is -2.22. The molecule has 0 aromatic rings. The van der Waals surface area contributed by atoms with E-state index in [-0.39, 0.29) is 5.41 Å². The van der Waals surface area contributed by atoms with Gasteiger partial charge in [0.2, 0.25) is 0 Å². The highest BCUT2D eigenvalue weighted by molar-refractivity contribution is 4.61. The van der Waals surface area contributed by atoms with Gasteiger partial charge in [-0.15, -0.1) is 4.91 Å². The fourth-order valence-electron chi connectivity index (χ4n) is 0.269. The first-order valence-corrected chi connectivity index (χ1v) is 2.61. The molecule has 0 aromatic heterocycles. The van der Waals surface area contributed by atoms with E-state index in [1.54, 1.807) is 0 Å². The van der Waals surface area contributed by atoms with Crippen molar-refractivity contribution in [1.29, 1.82) is 0 Å². The average molecular weight is 116 g/mol. The summed E-state index contributed by atoms with van der Waals surface area (Å²) in [5.74, 6) is 0. The number of hydrogen-bond donors (Lipinski definition) is 1. The molecule has 0 aromatic carbocycles. The van der Waals surface area contributed by atoms with Crippen LogP contribution in [0, 0.1) is 10.3 Å². The number of hydrogen-bond acceptors (Lipinski definition) is 2. The van der Waals surface area contributed by atoms with Crippen molar-refractivity contribution in [3.05, 3.63) is 4.91 Å². The van der Waals surface area contributed by atoms with Crippen molar-refractivity contribution < 1.29 is 0 Å². The van der Waals surface area contributed by atoms with Crippen LogP contribution in [0.5, 0.6) is 0 Å². The van der Waals surface area contributed by atoms with Crippen molar-refractivity contribution in [2.24, 2.45) is 10.7 Å². The van der Waals surface area contributed by atoms with Gasteiger partial charge in [0.15, 0.2) is 0 Å². The lowest BCUT2D eigenvalue weighted by atomic mass is 9.98. The topological polar surface area (TPSA) is 41.5 Å². The van der Waals surface area contributed by atoms with Gasteiger partial charge in [0.25, 0.3) is 0 Å². The van der Waals surface area contributed by atoms with Crippen LogP contribution in [0.2, 0.25) is 0 Å². The van der Waals surface area contributed by atoms with Gasteiger partial charge in [-0.2, -0.15) is 0 Å². The lowest BCUT2D eigenvalue weighted by molar-refractivity contribution is 0.384. The number of rotatable bonds is 2. The summed E-state index contributed by atoms with van der Waals surface area (Å²) in [4.78, 5) is 9.49. The molecule has 0 aliphatic heterocycles. The van der Waals surface area contributed by atoms with E-state index < -0.39 is 0 Å². The first kappa shape index (κ1) is 7.40. The van der Waals surface area contributed by atoms with Gasteiger partial charge in [-0.1, -0.05) is 20.8 Å². The molecule has 0 fully saturated rings. The van der Waals surface area contributed by atoms with E-state index in [2.05, 4.69) is 10.7 Å². The fraction of sp³-hybridized carbons (Fsp3) is 1.00. The Morgan fingerprint density at radius 1 is 1.50 bits per heavy atom. The molecule has 3 heteroatoms. The van der Waals surface area contributed by atoms with Gasteiger partial charge >= 0.3 is 0 Å². The molecule has 0 heterocycles. The summed E-state index contributed by atoms with van der Waals surface area (Å²) in [6, 6.07) is 0. The maximum absolute atomic E-state index is 9.49. The fourth-order valence-corrected chi connectivity index (χ4v) is 0.269. The molecule has 0 bridgehead atoms. The van der Waals surface area contributed by atoms with Crippen molar-refractivity contribution in [3.8, 4) is 0 Å². The highest BCUT2D eigenvalue weighted by Crippen LogP contribution is 2.09. The SMILES string of the molecule is CC(C)(C)CNN=O. The minimum Gasteiger partial charge on any atom is -0.273 e. The van der Waals surface area contributed by atoms with Crippen molar-refractivity contribution in [2.75, 3.05) is 6.54 Å². The van der Waals surface area contributed by atoms with E-state index >= 15 is 0 Å². The van der Waals surface area contributed by atoms with Crippen LogP contribution in [0.4, 0.5) is 0 Å². The Hall–Kier alpha value is -0.600. The third kappa shape index (κ3) is 5.40. The number of nitrogens with zero attached hydrogens (tertiary/aromatic N) is 1. The van der Waals surface area contributed by atoms with Crippen LogP contribution in [0.3, 0.4) is 0 Å². The minimum atomic E-state index is 0.147. The molecular weight excluding hydrogens is 104 g/mol. The lowest BCUT2D eigenvalue weighted by Gasteiger charge is -2.14. The van der Waals surface area contributed by atoms with E-state index in [0.29, 0.717) is 6.54 Å². The molecule has 3 nitrogen and oxygen atoms in total. The Bertz CT molecular complexity index is 75.0. The Morgan fingerprint density at radius 3 is 2.12 bits per heavy atom. The van der Waals surface area contributed by atoms with E-state index in [1.807, 2.05) is 20.8 Å². The summed E-state index contributed by atoms with van der Waals surface area (Å²) in [6.45, 7) is 6.73. The average Bonchev–Trinajstić information content (AvgIpc) is 1.59. The molecule has 0 rings (SSSR count). The quantitative estimate of drug-likeness (QED) is 0.436. The Morgan fingerprint density at radius 2 is 2.00 bits per heavy atom. The minimum absolute atomic E-state index is 0.147. The standard InChI is InChI=1S/C5H12N2O/c1-5(2,3)4-6-7-8/h4H2,1-3H3,(H,6,8). The van der Waals surface area contributed by atoms with E-state index in [1.165, 1.54) is 0 Å². The first-order chi connectivity index (χ1) is 3.56. The zero-order chi connectivity index (χ0) is 6.62. The molecule has 48 valence electrons.